The Morgan fingerprint density at radius 1 is 0.714 bits per heavy atom. The summed E-state index contributed by atoms with van der Waals surface area (Å²) < 4.78 is 9.60. The zero-order valence-corrected chi connectivity index (χ0v) is 39.2. The third-order valence-corrected chi connectivity index (χ3v) is 14.8. The number of anilines is 1. The fourth-order valence-electron chi connectivity index (χ4n) is 9.28. The predicted octanol–water partition coefficient (Wildman–Crippen LogP) is 5.35. The van der Waals surface area contributed by atoms with Crippen LogP contribution in [0.4, 0.5) is 15.3 Å². The molecule has 1 aromatic carbocycles. The van der Waals surface area contributed by atoms with E-state index in [0.717, 1.165) is 11.3 Å². The van der Waals surface area contributed by atoms with Crippen LogP contribution in [0.3, 0.4) is 0 Å². The highest BCUT2D eigenvalue weighted by molar-refractivity contribution is 7.10. The minimum Gasteiger partial charge on any atom is -0.453 e. The zero-order valence-electron chi connectivity index (χ0n) is 37.6. The number of nitrogens with two attached hydrogens (primary N) is 2. The second-order valence-electron chi connectivity index (χ2n) is 18.3. The zero-order chi connectivity index (χ0) is 46.2. The van der Waals surface area contributed by atoms with Crippen molar-refractivity contribution in [3.8, 4) is 0 Å². The SMILES string of the molecule is COC(=O)N[C@H](C(=O)N1CCC[C@]1(C(N)=O)c1nc([C@@H]2CC[C@@H](c3csc([C@@]4(C(N)=O)CCCN4C(=O)[C@@H](NC(=O)OC)C(C)C)n3)N2c2ccc(C(C)(C)C)cc2)cs1)C(C)C. The van der Waals surface area contributed by atoms with Crippen molar-refractivity contribution in [1.29, 1.82) is 0 Å². The van der Waals surface area contributed by atoms with Crippen LogP contribution in [0.25, 0.3) is 0 Å². The van der Waals surface area contributed by atoms with Gasteiger partial charge in [0, 0.05) is 29.5 Å². The standard InChI is InChI=1S/C44H61N9O8S2/c1-24(2)32(49-40(58)60-8)34(54)51-20-10-18-43(51,36(45)56)38-47-28(22-62-38)30-16-17-31(53(30)27-14-12-26(13-15-27)42(5,6)7)29-23-63-39(48-29)44(37(46)57)19-11-21-52(44)35(55)33(25(3)4)50-41(59)61-9/h12-15,22-25,30-33H,10-11,16-21H2,1-9H3,(H2,45,56)(H2,46,57)(H,49,58)(H,50,59)/t30-,31-,32-,33-,43-,44-/m0/s1. The van der Waals surface area contributed by atoms with E-state index in [1.165, 1.54) is 46.7 Å². The average molecular weight is 908 g/mol. The Kier molecular flexibility index (Phi) is 13.8. The lowest BCUT2D eigenvalue weighted by atomic mass is 9.87. The predicted molar refractivity (Wildman–Crippen MR) is 239 cm³/mol. The number of carbonyl (C=O) groups is 6. The molecule has 3 saturated heterocycles. The normalized spacial score (nSPS) is 23.5. The fraction of sp³-hybridized carbons (Fsp3) is 0.591. The molecule has 3 aliphatic rings. The van der Waals surface area contributed by atoms with E-state index >= 15 is 0 Å². The monoisotopic (exact) mass is 907 g/mol. The van der Waals surface area contributed by atoms with E-state index in [2.05, 4.69) is 60.6 Å². The molecule has 5 heterocycles. The van der Waals surface area contributed by atoms with Crippen LogP contribution in [0.2, 0.25) is 0 Å². The number of ether oxygens (including phenoxy) is 2. The van der Waals surface area contributed by atoms with Crippen molar-refractivity contribution >= 4 is 64.2 Å². The Morgan fingerprint density at radius 2 is 1.11 bits per heavy atom. The van der Waals surface area contributed by atoms with Crippen LogP contribution in [0, 0.1) is 11.8 Å². The van der Waals surface area contributed by atoms with Gasteiger partial charge in [0.25, 0.3) is 11.8 Å². The summed E-state index contributed by atoms with van der Waals surface area (Å²) >= 11 is 2.55. The number of likely N-dealkylation sites (tertiary alicyclic amines) is 2. The highest BCUT2D eigenvalue weighted by Gasteiger charge is 2.56. The van der Waals surface area contributed by atoms with Crippen molar-refractivity contribution < 1.29 is 38.2 Å². The Bertz CT molecular complexity index is 2080. The Balaban J connectivity index is 1.39. The number of hydrogen-bond donors (Lipinski definition) is 4. The van der Waals surface area contributed by atoms with Crippen LogP contribution in [-0.2, 0) is 45.1 Å². The van der Waals surface area contributed by atoms with Gasteiger partial charge < -0.3 is 46.3 Å². The quantitative estimate of drug-likeness (QED) is 0.171. The smallest absolute Gasteiger partial charge is 0.407 e. The molecular weight excluding hydrogens is 847 g/mol. The number of aromatic nitrogens is 2. The first-order valence-corrected chi connectivity index (χ1v) is 23.2. The molecule has 3 fully saturated rings. The number of nitrogens with one attached hydrogen (secondary N) is 2. The molecule has 0 bridgehead atoms. The molecule has 3 aromatic rings. The molecule has 0 saturated carbocycles. The Hall–Kier alpha value is -5.30. The van der Waals surface area contributed by atoms with Crippen LogP contribution < -0.4 is 27.0 Å². The summed E-state index contributed by atoms with van der Waals surface area (Å²) in [6, 6.07) is 5.86. The number of alkyl carbamates (subject to hydrolysis) is 2. The van der Waals surface area contributed by atoms with Crippen molar-refractivity contribution in [3.63, 3.8) is 0 Å². The Labute approximate surface area is 376 Å². The van der Waals surface area contributed by atoms with E-state index in [0.29, 0.717) is 47.1 Å². The number of benzene rings is 1. The number of amides is 6. The lowest BCUT2D eigenvalue weighted by Gasteiger charge is -2.37. The third kappa shape index (κ3) is 8.69. The summed E-state index contributed by atoms with van der Waals surface area (Å²) in [6.07, 6.45) is 1.34. The second kappa shape index (κ2) is 18.4. The van der Waals surface area contributed by atoms with Gasteiger partial charge in [0.1, 0.15) is 22.1 Å². The van der Waals surface area contributed by atoms with Gasteiger partial charge >= 0.3 is 12.2 Å². The van der Waals surface area contributed by atoms with E-state index in [-0.39, 0.29) is 55.3 Å². The molecule has 19 heteroatoms. The molecule has 6 atom stereocenters. The molecule has 0 radical (unpaired) electrons. The first-order chi connectivity index (χ1) is 29.7. The molecule has 6 amide bonds. The van der Waals surface area contributed by atoms with Gasteiger partial charge in [0.2, 0.25) is 11.8 Å². The van der Waals surface area contributed by atoms with Crippen LogP contribution in [0.15, 0.2) is 35.0 Å². The molecule has 17 nitrogen and oxygen atoms in total. The molecule has 3 aliphatic heterocycles. The van der Waals surface area contributed by atoms with E-state index in [1.54, 1.807) is 27.7 Å². The summed E-state index contributed by atoms with van der Waals surface area (Å²) in [5.74, 6) is -2.92. The summed E-state index contributed by atoms with van der Waals surface area (Å²) in [6.45, 7) is 14.2. The molecule has 0 aliphatic carbocycles. The van der Waals surface area contributed by atoms with E-state index in [9.17, 15) is 28.8 Å². The third-order valence-electron chi connectivity index (χ3n) is 12.7. The summed E-state index contributed by atoms with van der Waals surface area (Å²) in [4.78, 5) is 95.7. The van der Waals surface area contributed by atoms with Crippen LogP contribution in [0.5, 0.6) is 0 Å². The van der Waals surface area contributed by atoms with Crippen molar-refractivity contribution in [2.24, 2.45) is 23.3 Å². The van der Waals surface area contributed by atoms with Crippen LogP contribution in [0.1, 0.15) is 126 Å². The first-order valence-electron chi connectivity index (χ1n) is 21.4. The van der Waals surface area contributed by atoms with Gasteiger partial charge in [-0.1, -0.05) is 60.6 Å². The number of thiazole rings is 2. The molecule has 0 unspecified atom stereocenters. The first kappa shape index (κ1) is 47.2. The minimum absolute atomic E-state index is 0.0980. The van der Waals surface area contributed by atoms with Gasteiger partial charge in [-0.3, -0.25) is 19.2 Å². The van der Waals surface area contributed by atoms with Gasteiger partial charge in [0.05, 0.1) is 37.7 Å². The van der Waals surface area contributed by atoms with Gasteiger partial charge in [-0.15, -0.1) is 22.7 Å². The van der Waals surface area contributed by atoms with E-state index in [1.807, 2.05) is 10.8 Å². The molecular formula is C44H61N9O8S2. The van der Waals surface area contributed by atoms with Gasteiger partial charge in [-0.05, 0) is 73.5 Å². The number of rotatable bonds is 13. The molecule has 6 N–H and O–H groups in total. The number of methoxy groups -OCH3 is 2. The van der Waals surface area contributed by atoms with Gasteiger partial charge in [-0.25, -0.2) is 19.6 Å². The van der Waals surface area contributed by atoms with Crippen LogP contribution >= 0.6 is 22.7 Å². The maximum Gasteiger partial charge on any atom is 0.407 e. The molecule has 63 heavy (non-hydrogen) atoms. The average Bonchev–Trinajstić information content (AvgIpc) is 4.09. The lowest BCUT2D eigenvalue weighted by Crippen LogP contribution is -2.59. The Morgan fingerprint density at radius 3 is 1.44 bits per heavy atom. The number of primary amides is 2. The van der Waals surface area contributed by atoms with Crippen molar-refractivity contribution in [1.82, 2.24) is 30.4 Å². The lowest BCUT2D eigenvalue weighted by molar-refractivity contribution is -0.146. The maximum atomic E-state index is 14.2. The van der Waals surface area contributed by atoms with Crippen LogP contribution in [-0.4, -0.2) is 95.0 Å². The molecule has 2 aromatic heterocycles. The number of carbonyl (C=O) groups excluding carboxylic acids is 6. The molecule has 6 rings (SSSR count). The van der Waals surface area contributed by atoms with E-state index in [4.69, 9.17) is 30.9 Å². The highest BCUT2D eigenvalue weighted by atomic mass is 32.1. The summed E-state index contributed by atoms with van der Waals surface area (Å²) in [7, 11) is 2.45. The number of nitrogens with zero attached hydrogens (tertiary/aromatic N) is 5. The van der Waals surface area contributed by atoms with Gasteiger partial charge in [-0.2, -0.15) is 0 Å². The molecule has 342 valence electrons. The highest BCUT2D eigenvalue weighted by Crippen LogP contribution is 2.50. The second-order valence-corrected chi connectivity index (χ2v) is 20.0. The largest absolute Gasteiger partial charge is 0.453 e. The van der Waals surface area contributed by atoms with Gasteiger partial charge in [0.15, 0.2) is 11.1 Å². The van der Waals surface area contributed by atoms with Crippen molar-refractivity contribution in [2.45, 2.75) is 128 Å². The number of hydrogen-bond acceptors (Lipinski definition) is 13. The van der Waals surface area contributed by atoms with Crippen molar-refractivity contribution in [2.75, 3.05) is 32.2 Å². The van der Waals surface area contributed by atoms with E-state index < -0.39 is 59.0 Å². The minimum atomic E-state index is -1.53. The van der Waals surface area contributed by atoms with Crippen molar-refractivity contribution in [3.05, 3.63) is 62.0 Å². The molecule has 0 spiro atoms. The summed E-state index contributed by atoms with van der Waals surface area (Å²) in [5, 5.41) is 9.90. The summed E-state index contributed by atoms with van der Waals surface area (Å²) in [5.41, 5.74) is 12.7. The maximum absolute atomic E-state index is 14.2. The topological polar surface area (TPSA) is 232 Å². The fourth-order valence-corrected chi connectivity index (χ4v) is 11.5.